The largest absolute Gasteiger partial charge is 0.462 e. The molecule has 22 heavy (non-hydrogen) atoms. The Hall–Kier alpha value is -0.830. The van der Waals surface area contributed by atoms with Crippen molar-refractivity contribution in [3.63, 3.8) is 0 Å². The highest BCUT2D eigenvalue weighted by atomic mass is 16.5. The topological polar surface area (TPSA) is 29.5 Å². The highest BCUT2D eigenvalue weighted by Crippen LogP contribution is 2.17. The predicted molar refractivity (Wildman–Crippen MR) is 95.1 cm³/mol. The molecular formula is C19H37NO2. The quantitative estimate of drug-likeness (QED) is 0.258. The van der Waals surface area contributed by atoms with E-state index in [1.165, 1.54) is 38.5 Å². The van der Waals surface area contributed by atoms with Crippen molar-refractivity contribution in [1.82, 2.24) is 4.90 Å². The van der Waals surface area contributed by atoms with Crippen LogP contribution in [0.25, 0.3) is 0 Å². The zero-order valence-electron chi connectivity index (χ0n) is 15.3. The van der Waals surface area contributed by atoms with Crippen LogP contribution in [0.15, 0.2) is 12.2 Å². The number of rotatable bonds is 14. The smallest absolute Gasteiger partial charge is 0.333 e. The van der Waals surface area contributed by atoms with Crippen LogP contribution < -0.4 is 0 Å². The zero-order valence-corrected chi connectivity index (χ0v) is 15.3. The molecule has 0 radical (unpaired) electrons. The summed E-state index contributed by atoms with van der Waals surface area (Å²) < 4.78 is 5.16. The third-order valence-electron chi connectivity index (χ3n) is 4.23. The summed E-state index contributed by atoms with van der Waals surface area (Å²) in [5.41, 5.74) is 0.483. The van der Waals surface area contributed by atoms with Gasteiger partial charge in [0.15, 0.2) is 0 Å². The molecule has 3 heteroatoms. The van der Waals surface area contributed by atoms with Gasteiger partial charge in [0.1, 0.15) is 0 Å². The number of carbonyl (C=O) groups excluding carboxylic acids is 1. The number of esters is 1. The molecule has 3 nitrogen and oxygen atoms in total. The summed E-state index contributed by atoms with van der Waals surface area (Å²) in [4.78, 5) is 13.9. The van der Waals surface area contributed by atoms with Crippen LogP contribution >= 0.6 is 0 Å². The van der Waals surface area contributed by atoms with Gasteiger partial charge in [-0.2, -0.15) is 0 Å². The Balaban J connectivity index is 4.01. The monoisotopic (exact) mass is 311 g/mol. The van der Waals surface area contributed by atoms with Crippen LogP contribution in [0.3, 0.4) is 0 Å². The van der Waals surface area contributed by atoms with Crippen molar-refractivity contribution in [3.8, 4) is 0 Å². The maximum Gasteiger partial charge on any atom is 0.333 e. The van der Waals surface area contributed by atoms with Gasteiger partial charge in [-0.1, -0.05) is 53.0 Å². The molecule has 0 spiro atoms. The number of nitrogens with zero attached hydrogens (tertiary/aromatic N) is 1. The van der Waals surface area contributed by atoms with E-state index in [2.05, 4.69) is 32.3 Å². The van der Waals surface area contributed by atoms with Crippen LogP contribution in [0.4, 0.5) is 0 Å². The van der Waals surface area contributed by atoms with Crippen LogP contribution in [0, 0.1) is 0 Å². The first-order valence-corrected chi connectivity index (χ1v) is 9.13. The fourth-order valence-electron chi connectivity index (χ4n) is 2.83. The fraction of sp³-hybridized carbons (Fsp3) is 0.842. The predicted octanol–water partition coefficient (Wildman–Crippen LogP) is 4.96. The average molecular weight is 312 g/mol. The minimum atomic E-state index is -0.264. The van der Waals surface area contributed by atoms with Crippen molar-refractivity contribution in [1.29, 1.82) is 0 Å². The molecule has 0 saturated heterocycles. The lowest BCUT2D eigenvalue weighted by Gasteiger charge is -2.30. The van der Waals surface area contributed by atoms with Gasteiger partial charge in [-0.15, -0.1) is 0 Å². The molecule has 0 rings (SSSR count). The van der Waals surface area contributed by atoms with Gasteiger partial charge in [0, 0.05) is 11.6 Å². The molecule has 130 valence electrons. The highest BCUT2D eigenvalue weighted by molar-refractivity contribution is 5.86. The number of hydrogen-bond acceptors (Lipinski definition) is 3. The second kappa shape index (κ2) is 13.8. The lowest BCUT2D eigenvalue weighted by molar-refractivity contribution is -0.139. The molecule has 0 aromatic carbocycles. The van der Waals surface area contributed by atoms with Crippen molar-refractivity contribution in [2.75, 3.05) is 19.7 Å². The van der Waals surface area contributed by atoms with E-state index in [0.717, 1.165) is 25.9 Å². The minimum absolute atomic E-state index is 0.264. The molecule has 0 aliphatic carbocycles. The first kappa shape index (κ1) is 21.2. The van der Waals surface area contributed by atoms with Crippen LogP contribution in [-0.2, 0) is 9.53 Å². The summed E-state index contributed by atoms with van der Waals surface area (Å²) in [6.45, 7) is 14.8. The van der Waals surface area contributed by atoms with Crippen LogP contribution in [0.1, 0.15) is 79.1 Å². The molecule has 0 aliphatic rings. The average Bonchev–Trinajstić information content (AvgIpc) is 2.51. The molecule has 0 N–H and O–H groups in total. The summed E-state index contributed by atoms with van der Waals surface area (Å²) in [7, 11) is 0. The van der Waals surface area contributed by atoms with Crippen molar-refractivity contribution < 1.29 is 9.53 Å². The van der Waals surface area contributed by atoms with Crippen molar-refractivity contribution >= 4 is 5.97 Å². The SMILES string of the molecule is C=C(C)C(=O)OCCCCC(CCCCCC)N(CC)CC. The standard InChI is InChI=1S/C19H37NO2/c1-6-9-10-11-14-18(20(7-2)8-3)15-12-13-16-22-19(21)17(4)5/h18H,4,6-16H2,1-3,5H3. The van der Waals surface area contributed by atoms with Crippen LogP contribution in [0.2, 0.25) is 0 Å². The molecule has 0 aromatic heterocycles. The van der Waals surface area contributed by atoms with Gasteiger partial charge >= 0.3 is 5.97 Å². The second-order valence-corrected chi connectivity index (χ2v) is 6.14. The van der Waals surface area contributed by atoms with E-state index in [0.29, 0.717) is 18.2 Å². The zero-order chi connectivity index (χ0) is 16.8. The summed E-state index contributed by atoms with van der Waals surface area (Å²) in [6.07, 6.45) is 9.91. The molecule has 0 aromatic rings. The number of hydrogen-bond donors (Lipinski definition) is 0. The lowest BCUT2D eigenvalue weighted by Crippen LogP contribution is -2.35. The first-order valence-electron chi connectivity index (χ1n) is 9.13. The maximum atomic E-state index is 11.3. The molecule has 0 saturated carbocycles. The Kier molecular flexibility index (Phi) is 13.3. The molecule has 0 heterocycles. The summed E-state index contributed by atoms with van der Waals surface area (Å²) >= 11 is 0. The first-order chi connectivity index (χ1) is 10.6. The third kappa shape index (κ3) is 9.99. The summed E-state index contributed by atoms with van der Waals surface area (Å²) in [5.74, 6) is -0.264. The van der Waals surface area contributed by atoms with Crippen LogP contribution in [0.5, 0.6) is 0 Å². The summed E-state index contributed by atoms with van der Waals surface area (Å²) in [6, 6.07) is 0.684. The number of unbranched alkanes of at least 4 members (excludes halogenated alkanes) is 4. The van der Waals surface area contributed by atoms with E-state index < -0.39 is 0 Å². The molecule has 0 bridgehead atoms. The molecule has 1 atom stereocenters. The molecule has 0 amide bonds. The van der Waals surface area contributed by atoms with Gasteiger partial charge in [-0.3, -0.25) is 0 Å². The summed E-state index contributed by atoms with van der Waals surface area (Å²) in [5, 5.41) is 0. The van der Waals surface area contributed by atoms with Crippen molar-refractivity contribution in [3.05, 3.63) is 12.2 Å². The van der Waals surface area contributed by atoms with E-state index >= 15 is 0 Å². The van der Waals surface area contributed by atoms with Gasteiger partial charge in [0.05, 0.1) is 6.61 Å². The van der Waals surface area contributed by atoms with Gasteiger partial charge in [0.2, 0.25) is 0 Å². The van der Waals surface area contributed by atoms with Crippen molar-refractivity contribution in [2.45, 2.75) is 85.1 Å². The normalized spacial score (nSPS) is 12.4. The van der Waals surface area contributed by atoms with Gasteiger partial charge in [-0.25, -0.2) is 4.79 Å². The van der Waals surface area contributed by atoms with Crippen LogP contribution in [-0.4, -0.2) is 36.6 Å². The Labute approximate surface area is 138 Å². The Bertz CT molecular complexity index is 298. The minimum Gasteiger partial charge on any atom is -0.462 e. The third-order valence-corrected chi connectivity index (χ3v) is 4.23. The Morgan fingerprint density at radius 3 is 2.09 bits per heavy atom. The van der Waals surface area contributed by atoms with Gasteiger partial charge in [0.25, 0.3) is 0 Å². The van der Waals surface area contributed by atoms with E-state index in [1.807, 2.05) is 0 Å². The van der Waals surface area contributed by atoms with E-state index in [-0.39, 0.29) is 5.97 Å². The molecule has 0 aliphatic heterocycles. The number of ether oxygens (including phenoxy) is 1. The number of carbonyl (C=O) groups is 1. The van der Waals surface area contributed by atoms with E-state index in [9.17, 15) is 4.79 Å². The fourth-order valence-corrected chi connectivity index (χ4v) is 2.83. The van der Waals surface area contributed by atoms with Crippen molar-refractivity contribution in [2.24, 2.45) is 0 Å². The van der Waals surface area contributed by atoms with Gasteiger partial charge < -0.3 is 9.64 Å². The Morgan fingerprint density at radius 1 is 1.00 bits per heavy atom. The molecule has 1 unspecified atom stereocenters. The highest BCUT2D eigenvalue weighted by Gasteiger charge is 2.15. The Morgan fingerprint density at radius 2 is 1.59 bits per heavy atom. The second-order valence-electron chi connectivity index (χ2n) is 6.14. The van der Waals surface area contributed by atoms with E-state index in [1.54, 1.807) is 6.92 Å². The van der Waals surface area contributed by atoms with E-state index in [4.69, 9.17) is 4.74 Å². The maximum absolute atomic E-state index is 11.3. The molecular weight excluding hydrogens is 274 g/mol. The lowest BCUT2D eigenvalue weighted by atomic mass is 10.0. The van der Waals surface area contributed by atoms with Gasteiger partial charge in [-0.05, 0) is 45.7 Å². The molecule has 0 fully saturated rings.